The molecule has 12 rings (SSSR count). The van der Waals surface area contributed by atoms with Crippen molar-refractivity contribution in [1.29, 1.82) is 0 Å². The monoisotopic (exact) mass is 1250 g/mol. The highest BCUT2D eigenvalue weighted by Gasteiger charge is 2.34. The molecule has 2 aromatic carbocycles. The van der Waals surface area contributed by atoms with Crippen molar-refractivity contribution in [2.45, 2.75) is 163 Å². The van der Waals surface area contributed by atoms with Gasteiger partial charge in [-0.2, -0.15) is 23.7 Å². The molecule has 2 fully saturated rings. The number of primary amides is 2. The number of nitrogens with one attached hydrogen (secondary N) is 1. The number of carboxylic acid groups (broad SMARTS) is 1. The molecule has 23 heteroatoms. The highest BCUT2D eigenvalue weighted by atomic mass is 35.5. The van der Waals surface area contributed by atoms with Crippen LogP contribution in [0.4, 0.5) is 8.78 Å². The molecule has 0 aliphatic carbocycles. The molecule has 6 N–H and O–H groups in total. The van der Waals surface area contributed by atoms with E-state index in [2.05, 4.69) is 25.5 Å². The summed E-state index contributed by atoms with van der Waals surface area (Å²) in [4.78, 5) is 84.8. The highest BCUT2D eigenvalue weighted by Crippen LogP contribution is 2.35. The second-order valence-corrected chi connectivity index (χ2v) is 22.3. The number of aliphatic carboxylic acids is 1. The zero-order valence-electron chi connectivity index (χ0n) is 48.2. The average molecular weight is 1250 g/mol. The summed E-state index contributed by atoms with van der Waals surface area (Å²) in [5, 5.41) is 22.4. The number of carbonyl (C=O) groups is 6. The van der Waals surface area contributed by atoms with E-state index in [4.69, 9.17) is 16.6 Å². The van der Waals surface area contributed by atoms with Gasteiger partial charge in [-0.15, -0.1) is 12.4 Å². The van der Waals surface area contributed by atoms with Crippen LogP contribution >= 0.6 is 25.9 Å². The smallest absolute Gasteiger partial charge is 0.323 e. The molecule has 0 spiro atoms. The molecule has 0 bridgehead atoms. The van der Waals surface area contributed by atoms with Crippen molar-refractivity contribution >= 4 is 83.0 Å². The summed E-state index contributed by atoms with van der Waals surface area (Å²) in [5.74, 6) is -2.47. The second kappa shape index (κ2) is 30.7. The number of rotatable bonds is 14. The summed E-state index contributed by atoms with van der Waals surface area (Å²) >= 11 is 0. The summed E-state index contributed by atoms with van der Waals surface area (Å²) in [6.45, 7) is 6.01. The molecule has 4 aliphatic heterocycles. The summed E-state index contributed by atoms with van der Waals surface area (Å²) in [5.41, 5.74) is 22.8. The van der Waals surface area contributed by atoms with Crippen LogP contribution in [0.3, 0.4) is 0 Å². The number of amides is 3. The molecule has 19 nitrogen and oxygen atoms in total. The van der Waals surface area contributed by atoms with Gasteiger partial charge in [0.05, 0.1) is 48.4 Å². The summed E-state index contributed by atoms with van der Waals surface area (Å²) in [6, 6.07) is 21.7. The third-order valence-corrected chi connectivity index (χ3v) is 16.4. The number of Topliss-reactive ketones (excluding diaryl/α,β-unsaturated/α-hetero) is 2. The molecule has 470 valence electrons. The minimum Gasteiger partial charge on any atom is -0.480 e. The van der Waals surface area contributed by atoms with E-state index in [9.17, 15) is 37.5 Å². The van der Waals surface area contributed by atoms with Gasteiger partial charge >= 0.3 is 5.97 Å². The fraction of sp³-hybridized carbons (Fsp3) is 0.415. The zero-order valence-corrected chi connectivity index (χ0v) is 50.0. The van der Waals surface area contributed by atoms with Crippen LogP contribution in [0, 0.1) is 13.8 Å². The van der Waals surface area contributed by atoms with Crippen molar-refractivity contribution in [3.05, 3.63) is 143 Å². The molecule has 0 radical (unpaired) electrons. The normalized spacial score (nSPS) is 17.7. The van der Waals surface area contributed by atoms with Crippen molar-refractivity contribution < 1.29 is 42.7 Å². The molecule has 10 heterocycles. The van der Waals surface area contributed by atoms with Gasteiger partial charge in [0.1, 0.15) is 25.4 Å². The lowest BCUT2D eigenvalue weighted by molar-refractivity contribution is -0.139. The second-order valence-electron chi connectivity index (χ2n) is 22.3. The Balaban J connectivity index is 0.000000228. The standard InChI is InChI=1S/C32H35FN6O3.C17H16N4O3.C14H19FN2O.2CH4.ClH.H2S/c1-20-5-4-6-23(36-20)16-30(40)29-11-9-22(33)12-14-38(29)31(41)19-37-18-26(32(34)42)24-15-21(8-10-27(24)37)25-17-35-39-13-3-2-7-28(25)39;18-17(24)13-8-20(9-16(22)23)14-4-3-10(6-11(13)14)12-7-19-21-5-1-2-15(12)21;1-10-3-2-4-12(17-10)9-14(18)13-6-5-11(15)7-8-16-13;;;;/h4-6,8,10,15,17-18,22,29H,2-3,7,9,11-14,16,19H2,1H3,(H2,34,42);3-4,6-8H,1-2,5,9H2,(H2,18,24)(H,22,23);2-4,11,13,16H,5-9H2,1H3;2*1H4;1H;1H2/t22?,29-;;11?,13-;;;;/m0.0..../s1. The fourth-order valence-corrected chi connectivity index (χ4v) is 12.1. The molecule has 4 atom stereocenters. The number of ketones is 2. The van der Waals surface area contributed by atoms with Gasteiger partial charge in [0.15, 0.2) is 11.6 Å². The number of halogens is 3. The Hall–Kier alpha value is -8.08. The fourth-order valence-electron chi connectivity index (χ4n) is 12.1. The van der Waals surface area contributed by atoms with Crippen LogP contribution in [0.2, 0.25) is 0 Å². The Labute approximate surface area is 524 Å². The van der Waals surface area contributed by atoms with Gasteiger partial charge in [0, 0.05) is 99.1 Å². The number of carbonyl (C=O) groups excluding carboxylic acids is 5. The number of alkyl halides is 2. The van der Waals surface area contributed by atoms with Crippen molar-refractivity contribution in [2.75, 3.05) is 13.1 Å². The molecule has 4 aliphatic rings. The van der Waals surface area contributed by atoms with E-state index in [1.54, 1.807) is 16.8 Å². The molecular formula is C65H81ClF2N12O7S. The van der Waals surface area contributed by atoms with Crippen LogP contribution < -0.4 is 16.8 Å². The van der Waals surface area contributed by atoms with Gasteiger partial charge in [-0.1, -0.05) is 39.1 Å². The minimum atomic E-state index is -1.07. The molecule has 6 aromatic heterocycles. The number of carboxylic acids is 1. The van der Waals surface area contributed by atoms with Crippen molar-refractivity contribution in [1.82, 2.24) is 48.9 Å². The minimum absolute atomic E-state index is 0. The SMILES string of the molecule is C.C.Cc1cccc(CC(=O)[C@@H]2CCC(F)CCN2)n1.Cc1cccc(CC(=O)[C@@H]2CCC(F)CCN2C(=O)Cn2cc(C(N)=O)c3cc(-c4cnn5c4CCCC5)ccc32)n1.Cl.NC(=O)c1cn(CC(=O)O)c2ccc(-c3cnn4c3CCC4)cc12.S. The molecule has 88 heavy (non-hydrogen) atoms. The molecule has 2 saturated heterocycles. The molecule has 8 aromatic rings. The first kappa shape index (κ1) is 69.0. The number of nitrogens with two attached hydrogens (primary N) is 2. The van der Waals surface area contributed by atoms with Crippen molar-refractivity contribution in [3.63, 3.8) is 0 Å². The van der Waals surface area contributed by atoms with E-state index in [-0.39, 0.29) is 110 Å². The Kier molecular flexibility index (Phi) is 24.1. The number of hydrogen-bond acceptors (Lipinski definition) is 11. The largest absolute Gasteiger partial charge is 0.480 e. The van der Waals surface area contributed by atoms with Gasteiger partial charge in [-0.25, -0.2) is 8.78 Å². The van der Waals surface area contributed by atoms with Crippen molar-refractivity contribution in [2.24, 2.45) is 11.5 Å². The van der Waals surface area contributed by atoms with Gasteiger partial charge in [-0.3, -0.25) is 48.1 Å². The number of likely N-dealkylation sites (tertiary alicyclic amines) is 1. The molecular weight excluding hydrogens is 1170 g/mol. The topological polar surface area (TPSA) is 261 Å². The third-order valence-electron chi connectivity index (χ3n) is 16.4. The number of hydrogen-bond donors (Lipinski definition) is 4. The van der Waals surface area contributed by atoms with E-state index in [0.717, 1.165) is 84.5 Å². The van der Waals surface area contributed by atoms with Crippen molar-refractivity contribution in [3.8, 4) is 22.3 Å². The lowest BCUT2D eigenvalue weighted by atomic mass is 9.99. The first-order valence-corrected chi connectivity index (χ1v) is 28.9. The number of pyridine rings is 2. The number of aromatic nitrogens is 8. The van der Waals surface area contributed by atoms with E-state index in [1.165, 1.54) is 27.1 Å². The third kappa shape index (κ3) is 16.0. The molecule has 0 saturated carbocycles. The van der Waals surface area contributed by atoms with E-state index < -0.39 is 36.2 Å². The molecule has 2 unspecified atom stereocenters. The van der Waals surface area contributed by atoms with Crippen LogP contribution in [0.15, 0.2) is 97.6 Å². The van der Waals surface area contributed by atoms with Crippen LogP contribution in [-0.4, -0.2) is 121 Å². The quantitative estimate of drug-likeness (QED) is 0.0793. The van der Waals surface area contributed by atoms with Gasteiger partial charge in [0.2, 0.25) is 5.91 Å². The lowest BCUT2D eigenvalue weighted by Gasteiger charge is -2.29. The maximum Gasteiger partial charge on any atom is 0.323 e. The van der Waals surface area contributed by atoms with Gasteiger partial charge in [-0.05, 0) is 151 Å². The predicted molar refractivity (Wildman–Crippen MR) is 343 cm³/mol. The predicted octanol–water partition coefficient (Wildman–Crippen LogP) is 9.60. The van der Waals surface area contributed by atoms with Crippen LogP contribution in [0.1, 0.15) is 128 Å². The molecule has 3 amide bonds. The number of aryl methyl sites for hydroxylation is 4. The maximum absolute atomic E-state index is 14.5. The van der Waals surface area contributed by atoms with E-state index >= 15 is 0 Å². The van der Waals surface area contributed by atoms with Gasteiger partial charge < -0.3 is 35.9 Å². The zero-order chi connectivity index (χ0) is 59.2. The first-order valence-electron chi connectivity index (χ1n) is 28.9. The van der Waals surface area contributed by atoms with Gasteiger partial charge in [0.25, 0.3) is 11.8 Å². The Bertz CT molecular complexity index is 3800. The summed E-state index contributed by atoms with van der Waals surface area (Å²) < 4.78 is 34.9. The first-order chi connectivity index (χ1) is 40.5. The van der Waals surface area contributed by atoms with Crippen LogP contribution in [-0.2, 0) is 71.0 Å². The number of benzene rings is 2. The Morgan fingerprint density at radius 2 is 1.14 bits per heavy atom. The highest BCUT2D eigenvalue weighted by molar-refractivity contribution is 7.59. The number of nitrogens with zero attached hydrogens (tertiary/aromatic N) is 9. The van der Waals surface area contributed by atoms with E-state index in [1.807, 2.05) is 102 Å². The summed E-state index contributed by atoms with van der Waals surface area (Å²) in [6.07, 6.45) is 12.8. The van der Waals surface area contributed by atoms with Crippen LogP contribution in [0.25, 0.3) is 44.1 Å². The van der Waals surface area contributed by atoms with E-state index in [0.29, 0.717) is 70.9 Å². The Morgan fingerprint density at radius 3 is 1.68 bits per heavy atom. The van der Waals surface area contributed by atoms with Crippen LogP contribution in [0.5, 0.6) is 0 Å². The average Bonchev–Trinajstić information content (AvgIpc) is 3.87. The summed E-state index contributed by atoms with van der Waals surface area (Å²) in [7, 11) is 0. The Morgan fingerprint density at radius 1 is 0.625 bits per heavy atom. The number of fused-ring (bicyclic) bond motifs is 4. The lowest BCUT2D eigenvalue weighted by Crippen LogP contribution is -2.46. The maximum atomic E-state index is 14.5.